The fourth-order valence-electron chi connectivity index (χ4n) is 3.18. The molecule has 167 valence electrons. The van der Waals surface area contributed by atoms with Crippen LogP contribution in [0.5, 0.6) is 0 Å². The second-order valence-electron chi connectivity index (χ2n) is 7.77. The maximum atomic E-state index is 4.90. The van der Waals surface area contributed by atoms with Crippen molar-refractivity contribution in [2.45, 2.75) is 142 Å². The largest absolute Gasteiger partial charge is 2.00 e. The number of hydrogen-bond acceptors (Lipinski definition) is 2. The first-order valence-electron chi connectivity index (χ1n) is 12.0. The second-order valence-corrected chi connectivity index (χ2v) is 8.59. The summed E-state index contributed by atoms with van der Waals surface area (Å²) in [5.74, 6) is 1.91. The molecule has 0 rings (SSSR count). The van der Waals surface area contributed by atoms with E-state index in [1.54, 1.807) is 0 Å². The summed E-state index contributed by atoms with van der Waals surface area (Å²) < 4.78 is 0. The predicted molar refractivity (Wildman–Crippen MR) is 128 cm³/mol. The summed E-state index contributed by atoms with van der Waals surface area (Å²) in [7, 11) is 0. The van der Waals surface area contributed by atoms with Crippen LogP contribution in [0, 0.1) is 0 Å². The van der Waals surface area contributed by atoms with Crippen molar-refractivity contribution < 1.29 is 16.8 Å². The molecule has 0 unspecified atom stereocenters. The second kappa shape index (κ2) is 34.7. The van der Waals surface area contributed by atoms with Gasteiger partial charge in [-0.1, -0.05) is 142 Å². The smallest absolute Gasteiger partial charge is 0.793 e. The van der Waals surface area contributed by atoms with E-state index in [1.807, 2.05) is 0 Å². The van der Waals surface area contributed by atoms with Gasteiger partial charge < -0.3 is 25.3 Å². The predicted octanol–water partition coefficient (Wildman–Crippen LogP) is 8.91. The van der Waals surface area contributed by atoms with Gasteiger partial charge in [0.15, 0.2) is 0 Å². The molecule has 0 aromatic rings. The average Bonchev–Trinajstić information content (AvgIpc) is 2.66. The van der Waals surface area contributed by atoms with Crippen molar-refractivity contribution in [3.05, 3.63) is 0 Å². The van der Waals surface area contributed by atoms with Crippen LogP contribution in [-0.2, 0) is 42.0 Å². The van der Waals surface area contributed by atoms with Gasteiger partial charge in [-0.25, -0.2) is 0 Å². The normalized spacial score (nSPS) is 10.2. The quantitative estimate of drug-likeness (QED) is 0.131. The molecular formula is C24H50CoS2. The molecule has 1 radical (unpaired) electrons. The van der Waals surface area contributed by atoms with Gasteiger partial charge in [0.1, 0.15) is 0 Å². The van der Waals surface area contributed by atoms with E-state index < -0.39 is 0 Å². The van der Waals surface area contributed by atoms with Crippen LogP contribution in [0.1, 0.15) is 142 Å². The third kappa shape index (κ3) is 38.4. The summed E-state index contributed by atoms with van der Waals surface area (Å²) in [5.41, 5.74) is 0. The summed E-state index contributed by atoms with van der Waals surface area (Å²) in [4.78, 5) is 0. The first kappa shape index (κ1) is 32.9. The Labute approximate surface area is 195 Å². The van der Waals surface area contributed by atoms with Gasteiger partial charge in [-0.05, 0) is 0 Å². The Balaban J connectivity index is -0.000000411. The topological polar surface area (TPSA) is 0 Å². The molecule has 0 amide bonds. The average molecular weight is 462 g/mol. The van der Waals surface area contributed by atoms with E-state index in [9.17, 15) is 0 Å². The van der Waals surface area contributed by atoms with Crippen molar-refractivity contribution in [1.29, 1.82) is 0 Å². The molecule has 0 aromatic carbocycles. The zero-order valence-electron chi connectivity index (χ0n) is 18.7. The van der Waals surface area contributed by atoms with E-state index in [-0.39, 0.29) is 16.8 Å². The Morgan fingerprint density at radius 3 is 0.704 bits per heavy atom. The van der Waals surface area contributed by atoms with Gasteiger partial charge in [-0.15, -0.1) is 0 Å². The van der Waals surface area contributed by atoms with E-state index in [4.69, 9.17) is 25.3 Å². The third-order valence-electron chi connectivity index (χ3n) is 5.00. The number of unbranched alkanes of at least 4 members (excludes halogenated alkanes) is 18. The Morgan fingerprint density at radius 1 is 0.333 bits per heavy atom. The van der Waals surface area contributed by atoms with Crippen LogP contribution >= 0.6 is 0 Å². The summed E-state index contributed by atoms with van der Waals surface area (Å²) in [6, 6.07) is 0. The van der Waals surface area contributed by atoms with E-state index in [0.717, 1.165) is 11.5 Å². The van der Waals surface area contributed by atoms with E-state index in [0.29, 0.717) is 0 Å². The van der Waals surface area contributed by atoms with Crippen LogP contribution in [0.2, 0.25) is 0 Å². The fourth-order valence-corrected chi connectivity index (χ4v) is 3.59. The van der Waals surface area contributed by atoms with Gasteiger partial charge in [0.25, 0.3) is 0 Å². The van der Waals surface area contributed by atoms with Crippen molar-refractivity contribution in [2.75, 3.05) is 11.5 Å². The van der Waals surface area contributed by atoms with Crippen molar-refractivity contribution in [1.82, 2.24) is 0 Å². The third-order valence-corrected chi connectivity index (χ3v) is 5.57. The molecule has 0 spiro atoms. The van der Waals surface area contributed by atoms with Crippen LogP contribution in [0.25, 0.3) is 0 Å². The zero-order chi connectivity index (χ0) is 19.6. The molecule has 0 nitrogen and oxygen atoms in total. The fraction of sp³-hybridized carbons (Fsp3) is 1.00. The molecule has 0 aliphatic carbocycles. The molecule has 0 saturated heterocycles. The van der Waals surface area contributed by atoms with Crippen molar-refractivity contribution in [3.8, 4) is 0 Å². The molecule has 0 aromatic heterocycles. The Hall–Kier alpha value is 1.21. The van der Waals surface area contributed by atoms with Crippen LogP contribution < -0.4 is 0 Å². The van der Waals surface area contributed by atoms with Crippen LogP contribution in [0.15, 0.2) is 0 Å². The molecular weight excluding hydrogens is 411 g/mol. The molecule has 0 fully saturated rings. The van der Waals surface area contributed by atoms with Gasteiger partial charge >= 0.3 is 16.8 Å². The molecule has 0 N–H and O–H groups in total. The minimum atomic E-state index is 0. The standard InChI is InChI=1S/2C12H26S.Co/c2*1-2-3-4-5-6-7-8-9-10-11-12-13;/h2*13H,2-12H2,1H3;/q;;+2/p-2. The van der Waals surface area contributed by atoms with Crippen molar-refractivity contribution in [2.24, 2.45) is 0 Å². The zero-order valence-corrected chi connectivity index (χ0v) is 21.4. The Morgan fingerprint density at radius 2 is 0.519 bits per heavy atom. The Bertz CT molecular complexity index is 171. The first-order valence-corrected chi connectivity index (χ1v) is 13.1. The Kier molecular flexibility index (Phi) is 42.2. The van der Waals surface area contributed by atoms with Crippen molar-refractivity contribution >= 4 is 25.3 Å². The summed E-state index contributed by atoms with van der Waals surface area (Å²) in [6.07, 6.45) is 28.1. The summed E-state index contributed by atoms with van der Waals surface area (Å²) in [6.45, 7) is 4.55. The van der Waals surface area contributed by atoms with Crippen LogP contribution in [-0.4, -0.2) is 11.5 Å². The molecule has 0 aliphatic heterocycles. The number of rotatable bonds is 20. The molecule has 0 bridgehead atoms. The SMILES string of the molecule is CCCCCCCCCCCC[S-].CCCCCCCCCCCC[S-].[Co+2]. The minimum absolute atomic E-state index is 0. The van der Waals surface area contributed by atoms with Gasteiger partial charge in [0, 0.05) is 0 Å². The van der Waals surface area contributed by atoms with Gasteiger partial charge in [-0.2, -0.15) is 11.5 Å². The molecule has 0 atom stereocenters. The monoisotopic (exact) mass is 461 g/mol. The van der Waals surface area contributed by atoms with Crippen LogP contribution in [0.3, 0.4) is 0 Å². The van der Waals surface area contributed by atoms with E-state index in [2.05, 4.69) is 13.8 Å². The van der Waals surface area contributed by atoms with E-state index in [1.165, 1.54) is 128 Å². The molecule has 0 saturated carbocycles. The number of hydrogen-bond donors (Lipinski definition) is 0. The maximum Gasteiger partial charge on any atom is 2.00 e. The molecule has 3 heteroatoms. The van der Waals surface area contributed by atoms with Crippen molar-refractivity contribution in [3.63, 3.8) is 0 Å². The maximum absolute atomic E-state index is 4.90. The molecule has 0 aliphatic rings. The van der Waals surface area contributed by atoms with Gasteiger partial charge in [0.2, 0.25) is 0 Å². The molecule has 0 heterocycles. The van der Waals surface area contributed by atoms with Crippen LogP contribution in [0.4, 0.5) is 0 Å². The van der Waals surface area contributed by atoms with Gasteiger partial charge in [-0.3, -0.25) is 0 Å². The summed E-state index contributed by atoms with van der Waals surface area (Å²) >= 11 is 9.80. The van der Waals surface area contributed by atoms with Gasteiger partial charge in [0.05, 0.1) is 0 Å². The molecule has 27 heavy (non-hydrogen) atoms. The first-order chi connectivity index (χ1) is 12.8. The van der Waals surface area contributed by atoms with E-state index >= 15 is 0 Å². The minimum Gasteiger partial charge on any atom is -0.793 e. The summed E-state index contributed by atoms with van der Waals surface area (Å²) in [5, 5.41) is 0.